The number of rotatable bonds is 1. The van der Waals surface area contributed by atoms with E-state index in [1.165, 1.54) is 5.56 Å². The third-order valence-electron chi connectivity index (χ3n) is 2.40. The molecule has 0 atom stereocenters. The summed E-state index contributed by atoms with van der Waals surface area (Å²) in [5.41, 5.74) is 2.44. The minimum absolute atomic E-state index is 0.102. The van der Waals surface area contributed by atoms with Crippen LogP contribution < -0.4 is 0 Å². The lowest BCUT2D eigenvalue weighted by Gasteiger charge is -2.21. The second kappa shape index (κ2) is 3.54. The normalized spacial score (nSPS) is 11.7. The molecule has 2 heteroatoms. The number of aromatic nitrogens is 1. The molecule has 1 aromatic heterocycles. The summed E-state index contributed by atoms with van der Waals surface area (Å²) in [6, 6.07) is 8.23. The highest BCUT2D eigenvalue weighted by atomic mass is 16.3. The molecule has 1 aromatic carbocycles. The summed E-state index contributed by atoms with van der Waals surface area (Å²) in [5.74, 6) is 0.695. The van der Waals surface area contributed by atoms with E-state index in [1.807, 2.05) is 18.2 Å². The molecule has 0 aliphatic heterocycles. The Kier molecular flexibility index (Phi) is 2.35. The molecule has 0 saturated heterocycles. The van der Waals surface area contributed by atoms with Crippen molar-refractivity contribution >= 4 is 0 Å². The Morgan fingerprint density at radius 3 is 2.47 bits per heavy atom. The maximum absolute atomic E-state index is 5.34. The maximum atomic E-state index is 5.34. The average molecular weight is 201 g/mol. The van der Waals surface area contributed by atoms with Crippen molar-refractivity contribution in [2.45, 2.75) is 26.2 Å². The van der Waals surface area contributed by atoms with Crippen molar-refractivity contribution in [3.05, 3.63) is 42.3 Å². The van der Waals surface area contributed by atoms with E-state index in [9.17, 15) is 0 Å². The molecule has 0 unspecified atom stereocenters. The van der Waals surface area contributed by atoms with E-state index >= 15 is 0 Å². The van der Waals surface area contributed by atoms with E-state index in [4.69, 9.17) is 4.42 Å². The van der Waals surface area contributed by atoms with Crippen molar-refractivity contribution < 1.29 is 4.42 Å². The number of hydrogen-bond donors (Lipinski definition) is 0. The van der Waals surface area contributed by atoms with Crippen molar-refractivity contribution in [1.82, 2.24) is 4.98 Å². The van der Waals surface area contributed by atoms with E-state index in [0.717, 1.165) is 5.56 Å². The van der Waals surface area contributed by atoms with Crippen LogP contribution in [0.3, 0.4) is 0 Å². The van der Waals surface area contributed by atoms with Gasteiger partial charge in [-0.05, 0) is 17.0 Å². The summed E-state index contributed by atoms with van der Waals surface area (Å²) < 4.78 is 5.34. The molecular weight excluding hydrogens is 186 g/mol. The number of nitrogens with zero attached hydrogens (tertiary/aromatic N) is 1. The Hall–Kier alpha value is -1.57. The zero-order valence-electron chi connectivity index (χ0n) is 9.32. The van der Waals surface area contributed by atoms with E-state index < -0.39 is 0 Å². The molecule has 2 rings (SSSR count). The highest BCUT2D eigenvalue weighted by Crippen LogP contribution is 2.31. The van der Waals surface area contributed by atoms with Crippen LogP contribution in [0, 0.1) is 0 Å². The molecular formula is C13H15NO. The molecule has 0 radical (unpaired) electrons. The lowest BCUT2D eigenvalue weighted by Crippen LogP contribution is -2.12. The van der Waals surface area contributed by atoms with E-state index in [2.05, 4.69) is 31.8 Å². The third-order valence-corrected chi connectivity index (χ3v) is 2.40. The van der Waals surface area contributed by atoms with Gasteiger partial charge in [0.05, 0.1) is 6.20 Å². The SMILES string of the molecule is CC(C)(C)c1ccccc1-c1ncco1. The summed E-state index contributed by atoms with van der Waals surface area (Å²) in [5, 5.41) is 0. The summed E-state index contributed by atoms with van der Waals surface area (Å²) in [6.45, 7) is 6.57. The smallest absolute Gasteiger partial charge is 0.226 e. The molecule has 0 spiro atoms. The first-order valence-electron chi connectivity index (χ1n) is 5.08. The Balaban J connectivity index is 2.58. The lowest BCUT2D eigenvalue weighted by molar-refractivity contribution is 0.560. The fourth-order valence-corrected chi connectivity index (χ4v) is 1.68. The zero-order chi connectivity index (χ0) is 10.9. The topological polar surface area (TPSA) is 26.0 Å². The van der Waals surface area contributed by atoms with Crippen LogP contribution in [-0.4, -0.2) is 4.98 Å². The van der Waals surface area contributed by atoms with Gasteiger partial charge in [-0.25, -0.2) is 4.98 Å². The van der Waals surface area contributed by atoms with E-state index in [-0.39, 0.29) is 5.41 Å². The Morgan fingerprint density at radius 2 is 1.87 bits per heavy atom. The number of oxazole rings is 1. The second-order valence-corrected chi connectivity index (χ2v) is 4.63. The fourth-order valence-electron chi connectivity index (χ4n) is 1.68. The standard InChI is InChI=1S/C13H15NO/c1-13(2,3)11-7-5-4-6-10(11)12-14-8-9-15-12/h4-9H,1-3H3. The van der Waals surface area contributed by atoms with Gasteiger partial charge in [0.25, 0.3) is 0 Å². The summed E-state index contributed by atoms with van der Waals surface area (Å²) >= 11 is 0. The van der Waals surface area contributed by atoms with Gasteiger partial charge < -0.3 is 4.42 Å². The van der Waals surface area contributed by atoms with Crippen LogP contribution in [0.4, 0.5) is 0 Å². The highest BCUT2D eigenvalue weighted by molar-refractivity contribution is 5.60. The van der Waals surface area contributed by atoms with Crippen molar-refractivity contribution in [3.63, 3.8) is 0 Å². The lowest BCUT2D eigenvalue weighted by atomic mass is 9.84. The summed E-state index contributed by atoms with van der Waals surface area (Å²) in [6.07, 6.45) is 3.28. The summed E-state index contributed by atoms with van der Waals surface area (Å²) in [4.78, 5) is 4.19. The van der Waals surface area contributed by atoms with Crippen LogP contribution in [0.25, 0.3) is 11.5 Å². The van der Waals surface area contributed by atoms with Crippen LogP contribution in [0.1, 0.15) is 26.3 Å². The van der Waals surface area contributed by atoms with Crippen LogP contribution in [0.15, 0.2) is 41.1 Å². The van der Waals surface area contributed by atoms with Crippen molar-refractivity contribution in [3.8, 4) is 11.5 Å². The fraction of sp³-hybridized carbons (Fsp3) is 0.308. The zero-order valence-corrected chi connectivity index (χ0v) is 9.32. The molecule has 0 bridgehead atoms. The quantitative estimate of drug-likeness (QED) is 0.704. The van der Waals surface area contributed by atoms with Gasteiger partial charge in [-0.15, -0.1) is 0 Å². The minimum atomic E-state index is 0.102. The molecule has 1 heterocycles. The minimum Gasteiger partial charge on any atom is -0.445 e. The molecule has 0 aliphatic carbocycles. The van der Waals surface area contributed by atoms with Crippen LogP contribution >= 0.6 is 0 Å². The van der Waals surface area contributed by atoms with Gasteiger partial charge in [-0.2, -0.15) is 0 Å². The van der Waals surface area contributed by atoms with E-state index in [0.29, 0.717) is 5.89 Å². The maximum Gasteiger partial charge on any atom is 0.226 e. The number of benzene rings is 1. The van der Waals surface area contributed by atoms with Crippen molar-refractivity contribution in [2.75, 3.05) is 0 Å². The molecule has 0 amide bonds. The molecule has 0 fully saturated rings. The predicted octanol–water partition coefficient (Wildman–Crippen LogP) is 3.64. The highest BCUT2D eigenvalue weighted by Gasteiger charge is 2.19. The van der Waals surface area contributed by atoms with E-state index in [1.54, 1.807) is 12.5 Å². The van der Waals surface area contributed by atoms with Gasteiger partial charge in [0.2, 0.25) is 5.89 Å². The summed E-state index contributed by atoms with van der Waals surface area (Å²) in [7, 11) is 0. The predicted molar refractivity (Wildman–Crippen MR) is 60.6 cm³/mol. The molecule has 0 saturated carbocycles. The van der Waals surface area contributed by atoms with Gasteiger partial charge in [0, 0.05) is 5.56 Å². The van der Waals surface area contributed by atoms with Crippen LogP contribution in [-0.2, 0) is 5.41 Å². The third kappa shape index (κ3) is 1.94. The van der Waals surface area contributed by atoms with Gasteiger partial charge >= 0.3 is 0 Å². The first-order valence-corrected chi connectivity index (χ1v) is 5.08. The van der Waals surface area contributed by atoms with Gasteiger partial charge in [-0.3, -0.25) is 0 Å². The van der Waals surface area contributed by atoms with Gasteiger partial charge in [0.1, 0.15) is 6.26 Å². The monoisotopic (exact) mass is 201 g/mol. The Labute approximate surface area is 90.0 Å². The van der Waals surface area contributed by atoms with Crippen LogP contribution in [0.2, 0.25) is 0 Å². The molecule has 0 N–H and O–H groups in total. The molecule has 2 nitrogen and oxygen atoms in total. The number of hydrogen-bond acceptors (Lipinski definition) is 2. The average Bonchev–Trinajstić information content (AvgIpc) is 2.69. The molecule has 15 heavy (non-hydrogen) atoms. The molecule has 0 aliphatic rings. The second-order valence-electron chi connectivity index (χ2n) is 4.63. The van der Waals surface area contributed by atoms with Crippen molar-refractivity contribution in [2.24, 2.45) is 0 Å². The Bertz CT molecular complexity index is 438. The molecule has 78 valence electrons. The van der Waals surface area contributed by atoms with Crippen molar-refractivity contribution in [1.29, 1.82) is 0 Å². The van der Waals surface area contributed by atoms with Gasteiger partial charge in [0.15, 0.2) is 0 Å². The first kappa shape index (κ1) is 9.97. The van der Waals surface area contributed by atoms with Crippen LogP contribution in [0.5, 0.6) is 0 Å². The van der Waals surface area contributed by atoms with Gasteiger partial charge in [-0.1, -0.05) is 39.0 Å². The molecule has 2 aromatic rings. The largest absolute Gasteiger partial charge is 0.445 e. The first-order chi connectivity index (χ1) is 7.09. The Morgan fingerprint density at radius 1 is 1.13 bits per heavy atom.